The van der Waals surface area contributed by atoms with Gasteiger partial charge < -0.3 is 15.3 Å². The van der Waals surface area contributed by atoms with Crippen LogP contribution in [0.4, 0.5) is 0 Å². The number of aliphatic hydroxyl groups excluding tert-OH is 1. The Morgan fingerprint density at radius 2 is 2.19 bits per heavy atom. The van der Waals surface area contributed by atoms with Crippen LogP contribution in [0.25, 0.3) is 0 Å². The summed E-state index contributed by atoms with van der Waals surface area (Å²) in [6.07, 6.45) is 7.38. The van der Waals surface area contributed by atoms with Crippen LogP contribution in [0.15, 0.2) is 0 Å². The van der Waals surface area contributed by atoms with Gasteiger partial charge >= 0.3 is 0 Å². The summed E-state index contributed by atoms with van der Waals surface area (Å²) in [6.45, 7) is 7.25. The quantitative estimate of drug-likeness (QED) is 0.620. The zero-order chi connectivity index (χ0) is 11.6. The molecule has 16 heavy (non-hydrogen) atoms. The highest BCUT2D eigenvalue weighted by atomic mass is 16.3. The molecule has 1 aliphatic rings. The lowest BCUT2D eigenvalue weighted by Crippen LogP contribution is -2.41. The van der Waals surface area contributed by atoms with E-state index in [1.807, 2.05) is 0 Å². The van der Waals surface area contributed by atoms with Crippen LogP contribution in [-0.4, -0.2) is 48.8 Å². The molecule has 0 radical (unpaired) electrons. The largest absolute Gasteiger partial charge is 0.396 e. The average molecular weight is 228 g/mol. The van der Waals surface area contributed by atoms with Crippen molar-refractivity contribution in [2.75, 3.05) is 32.8 Å². The molecule has 1 fully saturated rings. The lowest BCUT2D eigenvalue weighted by molar-refractivity contribution is 0.118. The third kappa shape index (κ3) is 5.28. The minimum atomic E-state index is 0.343. The topological polar surface area (TPSA) is 35.5 Å². The van der Waals surface area contributed by atoms with Gasteiger partial charge in [0.2, 0.25) is 0 Å². The fourth-order valence-corrected chi connectivity index (χ4v) is 2.54. The first-order valence-electron chi connectivity index (χ1n) is 6.94. The normalized spacial score (nSPS) is 22.5. The highest BCUT2D eigenvalue weighted by molar-refractivity contribution is 4.76. The van der Waals surface area contributed by atoms with E-state index in [1.54, 1.807) is 0 Å². The molecule has 0 aromatic heterocycles. The standard InChI is InChI=1S/C13H28N2O/c1-2-8-14-9-5-11-15-10-4-3-6-13(15)7-12-16/h13-14,16H,2-12H2,1H3. The Morgan fingerprint density at radius 3 is 2.94 bits per heavy atom. The third-order valence-corrected chi connectivity index (χ3v) is 3.44. The lowest BCUT2D eigenvalue weighted by Gasteiger charge is -2.35. The molecular formula is C13H28N2O. The first-order valence-corrected chi connectivity index (χ1v) is 6.94. The maximum atomic E-state index is 9.04. The molecule has 2 N–H and O–H groups in total. The van der Waals surface area contributed by atoms with E-state index in [0.29, 0.717) is 12.6 Å². The van der Waals surface area contributed by atoms with Crippen LogP contribution in [-0.2, 0) is 0 Å². The van der Waals surface area contributed by atoms with Gasteiger partial charge in [0.15, 0.2) is 0 Å². The maximum absolute atomic E-state index is 9.04. The van der Waals surface area contributed by atoms with Crippen molar-refractivity contribution in [1.82, 2.24) is 10.2 Å². The summed E-state index contributed by atoms with van der Waals surface area (Å²) >= 11 is 0. The molecule has 0 aliphatic carbocycles. The number of rotatable bonds is 8. The Labute approximate surface area is 100 Å². The molecule has 1 aliphatic heterocycles. The fraction of sp³-hybridized carbons (Fsp3) is 1.00. The molecule has 0 bridgehead atoms. The van der Waals surface area contributed by atoms with Gasteiger partial charge in [-0.1, -0.05) is 13.3 Å². The molecule has 1 unspecified atom stereocenters. The van der Waals surface area contributed by atoms with Crippen molar-refractivity contribution in [3.8, 4) is 0 Å². The zero-order valence-electron chi connectivity index (χ0n) is 10.7. The van der Waals surface area contributed by atoms with Crippen molar-refractivity contribution in [1.29, 1.82) is 0 Å². The Balaban J connectivity index is 2.11. The van der Waals surface area contributed by atoms with Gasteiger partial charge in [0.05, 0.1) is 0 Å². The number of nitrogens with zero attached hydrogens (tertiary/aromatic N) is 1. The molecule has 0 amide bonds. The number of nitrogens with one attached hydrogen (secondary N) is 1. The number of aliphatic hydroxyl groups is 1. The van der Waals surface area contributed by atoms with Gasteiger partial charge in [-0.25, -0.2) is 0 Å². The van der Waals surface area contributed by atoms with Crippen LogP contribution < -0.4 is 5.32 Å². The summed E-state index contributed by atoms with van der Waals surface area (Å²) in [5.74, 6) is 0. The van der Waals surface area contributed by atoms with E-state index in [9.17, 15) is 0 Å². The monoisotopic (exact) mass is 228 g/mol. The van der Waals surface area contributed by atoms with Crippen LogP contribution in [0.2, 0.25) is 0 Å². The molecule has 96 valence electrons. The van der Waals surface area contributed by atoms with Gasteiger partial charge in [-0.3, -0.25) is 0 Å². The SMILES string of the molecule is CCCNCCCN1CCCCC1CCO. The lowest BCUT2D eigenvalue weighted by atomic mass is 9.99. The molecule has 1 heterocycles. The number of piperidine rings is 1. The summed E-state index contributed by atoms with van der Waals surface area (Å²) in [7, 11) is 0. The predicted octanol–water partition coefficient (Wildman–Crippen LogP) is 1.61. The molecule has 0 aromatic carbocycles. The van der Waals surface area contributed by atoms with Crippen molar-refractivity contribution < 1.29 is 5.11 Å². The second-order valence-electron chi connectivity index (χ2n) is 4.80. The van der Waals surface area contributed by atoms with Gasteiger partial charge in [-0.15, -0.1) is 0 Å². The zero-order valence-corrected chi connectivity index (χ0v) is 10.7. The van der Waals surface area contributed by atoms with Gasteiger partial charge in [0.25, 0.3) is 0 Å². The highest BCUT2D eigenvalue weighted by Gasteiger charge is 2.20. The minimum Gasteiger partial charge on any atom is -0.396 e. The number of hydrogen-bond acceptors (Lipinski definition) is 3. The van der Waals surface area contributed by atoms with E-state index in [2.05, 4.69) is 17.1 Å². The summed E-state index contributed by atoms with van der Waals surface area (Å²) in [4.78, 5) is 2.58. The van der Waals surface area contributed by atoms with E-state index >= 15 is 0 Å². The first-order chi connectivity index (χ1) is 7.88. The molecule has 1 rings (SSSR count). The van der Waals surface area contributed by atoms with Crippen molar-refractivity contribution in [3.63, 3.8) is 0 Å². The van der Waals surface area contributed by atoms with E-state index in [4.69, 9.17) is 5.11 Å². The molecule has 0 saturated carbocycles. The number of hydrogen-bond donors (Lipinski definition) is 2. The predicted molar refractivity (Wildman–Crippen MR) is 68.7 cm³/mol. The summed E-state index contributed by atoms with van der Waals surface area (Å²) in [6, 6.07) is 0.643. The van der Waals surface area contributed by atoms with Crippen molar-refractivity contribution >= 4 is 0 Å². The molecule has 3 nitrogen and oxygen atoms in total. The van der Waals surface area contributed by atoms with Gasteiger partial charge in [0, 0.05) is 12.6 Å². The van der Waals surface area contributed by atoms with Crippen molar-refractivity contribution in [3.05, 3.63) is 0 Å². The Bertz CT molecular complexity index is 162. The third-order valence-electron chi connectivity index (χ3n) is 3.44. The van der Waals surface area contributed by atoms with Crippen LogP contribution >= 0.6 is 0 Å². The smallest absolute Gasteiger partial charge is 0.0445 e. The highest BCUT2D eigenvalue weighted by Crippen LogP contribution is 2.19. The maximum Gasteiger partial charge on any atom is 0.0445 e. The van der Waals surface area contributed by atoms with Crippen LogP contribution in [0.5, 0.6) is 0 Å². The fourth-order valence-electron chi connectivity index (χ4n) is 2.54. The molecule has 0 aromatic rings. The second-order valence-corrected chi connectivity index (χ2v) is 4.80. The second kappa shape index (κ2) is 8.97. The van der Waals surface area contributed by atoms with E-state index in [1.165, 1.54) is 45.2 Å². The molecular weight excluding hydrogens is 200 g/mol. The van der Waals surface area contributed by atoms with Gasteiger partial charge in [-0.2, -0.15) is 0 Å². The van der Waals surface area contributed by atoms with E-state index in [0.717, 1.165) is 19.5 Å². The van der Waals surface area contributed by atoms with E-state index < -0.39 is 0 Å². The molecule has 0 spiro atoms. The van der Waals surface area contributed by atoms with Crippen LogP contribution in [0.1, 0.15) is 45.4 Å². The Morgan fingerprint density at radius 1 is 1.31 bits per heavy atom. The van der Waals surface area contributed by atoms with E-state index in [-0.39, 0.29) is 0 Å². The number of likely N-dealkylation sites (tertiary alicyclic amines) is 1. The Kier molecular flexibility index (Phi) is 7.81. The van der Waals surface area contributed by atoms with Crippen LogP contribution in [0.3, 0.4) is 0 Å². The summed E-state index contributed by atoms with van der Waals surface area (Å²) in [5, 5.41) is 12.5. The summed E-state index contributed by atoms with van der Waals surface area (Å²) in [5.41, 5.74) is 0. The average Bonchev–Trinajstić information content (AvgIpc) is 2.31. The molecule has 1 atom stereocenters. The van der Waals surface area contributed by atoms with Crippen molar-refractivity contribution in [2.24, 2.45) is 0 Å². The summed E-state index contributed by atoms with van der Waals surface area (Å²) < 4.78 is 0. The first kappa shape index (κ1) is 13.9. The van der Waals surface area contributed by atoms with Gasteiger partial charge in [-0.05, 0) is 58.3 Å². The Hall–Kier alpha value is -0.120. The minimum absolute atomic E-state index is 0.343. The van der Waals surface area contributed by atoms with Crippen LogP contribution in [0, 0.1) is 0 Å². The molecule has 3 heteroatoms. The molecule has 1 saturated heterocycles. The van der Waals surface area contributed by atoms with Gasteiger partial charge in [0.1, 0.15) is 0 Å². The van der Waals surface area contributed by atoms with Crippen molar-refractivity contribution in [2.45, 2.75) is 51.5 Å².